The van der Waals surface area contributed by atoms with Crippen LogP contribution in [0.3, 0.4) is 0 Å². The molecule has 0 radical (unpaired) electrons. The minimum Gasteiger partial charge on any atom is -0.423 e. The molecule has 4 fully saturated rings. The normalized spacial score (nSPS) is 26.4. The molecular formula is C32H36O4. The quantitative estimate of drug-likeness (QED) is 0.141. The van der Waals surface area contributed by atoms with Crippen molar-refractivity contribution in [1.82, 2.24) is 0 Å². The molecule has 0 atom stereocenters. The predicted octanol–water partition coefficient (Wildman–Crippen LogP) is 7.08. The van der Waals surface area contributed by atoms with Crippen LogP contribution < -0.4 is 4.74 Å². The molecule has 36 heavy (non-hydrogen) atoms. The van der Waals surface area contributed by atoms with Crippen LogP contribution in [-0.4, -0.2) is 26.5 Å². The lowest BCUT2D eigenvalue weighted by atomic mass is 9.47. The van der Waals surface area contributed by atoms with Gasteiger partial charge in [-0.3, -0.25) is 0 Å². The molecule has 0 N–H and O–H groups in total. The van der Waals surface area contributed by atoms with Crippen molar-refractivity contribution in [3.05, 3.63) is 77.4 Å². The zero-order chi connectivity index (χ0) is 24.5. The maximum absolute atomic E-state index is 12.7. The maximum atomic E-state index is 12.7. The molecule has 0 aromatic heterocycles. The molecule has 4 bridgehead atoms. The van der Waals surface area contributed by atoms with Gasteiger partial charge in [-0.2, -0.15) is 0 Å². The van der Waals surface area contributed by atoms with Crippen LogP contribution in [0.5, 0.6) is 5.75 Å². The number of hydrogen-bond acceptors (Lipinski definition) is 4. The van der Waals surface area contributed by atoms with Gasteiger partial charge in [0.15, 0.2) is 0 Å². The van der Waals surface area contributed by atoms with Crippen molar-refractivity contribution in [2.24, 2.45) is 17.8 Å². The van der Waals surface area contributed by atoms with Crippen LogP contribution in [-0.2, 0) is 21.3 Å². The first-order valence-corrected chi connectivity index (χ1v) is 13.5. The van der Waals surface area contributed by atoms with Gasteiger partial charge in [0, 0.05) is 13.7 Å². The van der Waals surface area contributed by atoms with Crippen molar-refractivity contribution in [3.63, 3.8) is 0 Å². The van der Waals surface area contributed by atoms with Gasteiger partial charge in [-0.25, -0.2) is 4.79 Å². The lowest BCUT2D eigenvalue weighted by Crippen LogP contribution is -2.48. The van der Waals surface area contributed by atoms with Crippen molar-refractivity contribution in [1.29, 1.82) is 0 Å². The molecular weight excluding hydrogens is 448 g/mol. The van der Waals surface area contributed by atoms with Crippen molar-refractivity contribution in [2.45, 2.75) is 56.8 Å². The molecule has 0 unspecified atom stereocenters. The van der Waals surface area contributed by atoms with Crippen molar-refractivity contribution >= 4 is 16.7 Å². The number of aryl methyl sites for hydroxylation is 1. The standard InChI is InChI=1S/C32H36O4/c1-34-21-35-11-5-8-27-15-26-9-10-29(36-31(33)25-6-3-2-4-7-25)16-28(26)17-30(27)32-18-22-12-23(19-32)14-24(13-22)20-32/h2-4,6-7,9-10,15-17,22-24H,5,8,11-14,18-21H2,1H3. The number of methoxy groups -OCH3 is 1. The maximum Gasteiger partial charge on any atom is 0.343 e. The average Bonchev–Trinajstić information content (AvgIpc) is 2.88. The Hall–Kier alpha value is -2.69. The van der Waals surface area contributed by atoms with E-state index in [1.165, 1.54) is 54.9 Å². The Labute approximate surface area is 213 Å². The number of carbonyl (C=O) groups excluding carboxylic acids is 1. The Bertz CT molecular complexity index is 1200. The summed E-state index contributed by atoms with van der Waals surface area (Å²) >= 11 is 0. The summed E-state index contributed by atoms with van der Waals surface area (Å²) in [4.78, 5) is 12.7. The number of fused-ring (bicyclic) bond motifs is 1. The number of ether oxygens (including phenoxy) is 3. The second-order valence-electron chi connectivity index (χ2n) is 11.4. The van der Waals surface area contributed by atoms with E-state index in [9.17, 15) is 4.79 Å². The molecule has 0 spiro atoms. The molecule has 0 heterocycles. The van der Waals surface area contributed by atoms with Gasteiger partial charge in [-0.1, -0.05) is 36.4 Å². The van der Waals surface area contributed by atoms with E-state index in [1.54, 1.807) is 24.8 Å². The number of hydrogen-bond donors (Lipinski definition) is 0. The summed E-state index contributed by atoms with van der Waals surface area (Å²) in [6.45, 7) is 1.06. The van der Waals surface area contributed by atoms with Gasteiger partial charge >= 0.3 is 5.97 Å². The number of esters is 1. The lowest BCUT2D eigenvalue weighted by Gasteiger charge is -2.57. The highest BCUT2D eigenvalue weighted by molar-refractivity contribution is 5.92. The average molecular weight is 485 g/mol. The zero-order valence-electron chi connectivity index (χ0n) is 21.2. The summed E-state index contributed by atoms with van der Waals surface area (Å²) in [5.74, 6) is 2.96. The first-order chi connectivity index (χ1) is 17.6. The molecule has 3 aromatic carbocycles. The Morgan fingerprint density at radius 1 is 0.889 bits per heavy atom. The molecule has 0 amide bonds. The van der Waals surface area contributed by atoms with Gasteiger partial charge < -0.3 is 14.2 Å². The van der Waals surface area contributed by atoms with Gasteiger partial charge in [0.2, 0.25) is 0 Å². The van der Waals surface area contributed by atoms with E-state index < -0.39 is 0 Å². The van der Waals surface area contributed by atoms with Crippen molar-refractivity contribution in [2.75, 3.05) is 20.5 Å². The van der Waals surface area contributed by atoms with Gasteiger partial charge in [0.25, 0.3) is 0 Å². The SMILES string of the molecule is COCOCCCc1cc2ccc(OC(=O)c3ccccc3)cc2cc1C12CC3CC(CC(C3)C1)C2. The van der Waals surface area contributed by atoms with Gasteiger partial charge in [-0.15, -0.1) is 0 Å². The first-order valence-electron chi connectivity index (χ1n) is 13.5. The van der Waals surface area contributed by atoms with Crippen LogP contribution in [0.1, 0.15) is 66.4 Å². The first kappa shape index (κ1) is 23.7. The third-order valence-electron chi connectivity index (χ3n) is 8.80. The second kappa shape index (κ2) is 9.99. The monoisotopic (exact) mass is 484 g/mol. The summed E-state index contributed by atoms with van der Waals surface area (Å²) in [7, 11) is 1.67. The molecule has 4 heteroatoms. The van der Waals surface area contributed by atoms with E-state index in [-0.39, 0.29) is 5.97 Å². The molecule has 4 nitrogen and oxygen atoms in total. The summed E-state index contributed by atoms with van der Waals surface area (Å²) in [6, 6.07) is 20.1. The van der Waals surface area contributed by atoms with Crippen molar-refractivity contribution < 1.29 is 19.0 Å². The fourth-order valence-electron chi connectivity index (χ4n) is 7.77. The number of benzene rings is 3. The minimum atomic E-state index is -0.316. The largest absolute Gasteiger partial charge is 0.423 e. The van der Waals surface area contributed by atoms with E-state index >= 15 is 0 Å². The van der Waals surface area contributed by atoms with E-state index in [2.05, 4.69) is 18.2 Å². The Kier molecular flexibility index (Phi) is 6.57. The summed E-state index contributed by atoms with van der Waals surface area (Å²) in [6.07, 6.45) is 10.3. The fraction of sp³-hybridized carbons (Fsp3) is 0.469. The third kappa shape index (κ3) is 4.69. The van der Waals surface area contributed by atoms with E-state index in [1.807, 2.05) is 30.3 Å². The Balaban J connectivity index is 1.33. The smallest absolute Gasteiger partial charge is 0.343 e. The van der Waals surface area contributed by atoms with Crippen LogP contribution in [0.2, 0.25) is 0 Å². The van der Waals surface area contributed by atoms with Crippen molar-refractivity contribution in [3.8, 4) is 5.75 Å². The zero-order valence-corrected chi connectivity index (χ0v) is 21.2. The topological polar surface area (TPSA) is 44.8 Å². The van der Waals surface area contributed by atoms with Crippen LogP contribution in [0.15, 0.2) is 60.7 Å². The highest BCUT2D eigenvalue weighted by atomic mass is 16.7. The van der Waals surface area contributed by atoms with Crippen LogP contribution in [0.4, 0.5) is 0 Å². The van der Waals surface area contributed by atoms with Gasteiger partial charge in [0.1, 0.15) is 12.5 Å². The summed E-state index contributed by atoms with van der Waals surface area (Å²) in [5.41, 5.74) is 3.90. The van der Waals surface area contributed by atoms with Gasteiger partial charge in [0.05, 0.1) is 5.56 Å². The minimum absolute atomic E-state index is 0.308. The molecule has 3 aromatic rings. The van der Waals surface area contributed by atoms with Gasteiger partial charge in [-0.05, 0) is 121 Å². The van der Waals surface area contributed by atoms with E-state index in [4.69, 9.17) is 14.2 Å². The summed E-state index contributed by atoms with van der Waals surface area (Å²) < 4.78 is 16.4. The highest BCUT2D eigenvalue weighted by Gasteiger charge is 2.52. The van der Waals surface area contributed by atoms with E-state index in [0.717, 1.165) is 30.6 Å². The molecule has 4 saturated carbocycles. The highest BCUT2D eigenvalue weighted by Crippen LogP contribution is 2.61. The molecule has 0 aliphatic heterocycles. The Morgan fingerprint density at radius 3 is 2.31 bits per heavy atom. The molecule has 0 saturated heterocycles. The molecule has 7 rings (SSSR count). The predicted molar refractivity (Wildman–Crippen MR) is 141 cm³/mol. The fourth-order valence-corrected chi connectivity index (χ4v) is 7.77. The second-order valence-corrected chi connectivity index (χ2v) is 11.4. The molecule has 4 aliphatic carbocycles. The van der Waals surface area contributed by atoms with E-state index in [0.29, 0.717) is 30.1 Å². The van der Waals surface area contributed by atoms with Crippen LogP contribution >= 0.6 is 0 Å². The lowest BCUT2D eigenvalue weighted by molar-refractivity contribution is -0.0311. The summed E-state index contributed by atoms with van der Waals surface area (Å²) in [5, 5.41) is 2.37. The van der Waals surface area contributed by atoms with Crippen LogP contribution in [0, 0.1) is 17.8 Å². The molecule has 4 aliphatic rings. The molecule has 188 valence electrons. The van der Waals surface area contributed by atoms with Crippen LogP contribution in [0.25, 0.3) is 10.8 Å². The Morgan fingerprint density at radius 2 is 1.61 bits per heavy atom. The number of rotatable bonds is 9. The number of carbonyl (C=O) groups is 1. The third-order valence-corrected chi connectivity index (χ3v) is 8.80.